The smallest absolute Gasteiger partial charge is 0.234 e. The Labute approximate surface area is 229 Å². The topological polar surface area (TPSA) is 143 Å². The van der Waals surface area contributed by atoms with Crippen LogP contribution in [0.5, 0.6) is 5.75 Å². The molecule has 0 atom stereocenters. The number of pyridine rings is 1. The molecule has 11 heteroatoms. The van der Waals surface area contributed by atoms with Crippen LogP contribution in [0.15, 0.2) is 60.7 Å². The van der Waals surface area contributed by atoms with Crippen LogP contribution in [0.2, 0.25) is 5.15 Å². The number of rotatable bonds is 10. The van der Waals surface area contributed by atoms with Crippen LogP contribution in [0.1, 0.15) is 53.0 Å². The number of nitrogens with zero attached hydrogens (tertiary/aromatic N) is 6. The van der Waals surface area contributed by atoms with Crippen molar-refractivity contribution in [3.05, 3.63) is 94.3 Å². The molecule has 39 heavy (non-hydrogen) atoms. The molecule has 0 saturated heterocycles. The molecule has 198 valence electrons. The molecule has 0 amide bonds. The first-order chi connectivity index (χ1) is 19.0. The van der Waals surface area contributed by atoms with Crippen LogP contribution in [0.4, 0.5) is 0 Å². The fourth-order valence-corrected chi connectivity index (χ4v) is 4.73. The summed E-state index contributed by atoms with van der Waals surface area (Å²) in [7, 11) is 0. The molecule has 0 fully saturated rings. The molecule has 10 nitrogen and oxygen atoms in total. The van der Waals surface area contributed by atoms with Crippen LogP contribution in [0, 0.1) is 0 Å². The third kappa shape index (κ3) is 5.43. The normalized spacial score (nSPS) is 11.2. The van der Waals surface area contributed by atoms with Gasteiger partial charge in [-0.15, -0.1) is 10.2 Å². The molecule has 2 aromatic carbocycles. The van der Waals surface area contributed by atoms with Crippen LogP contribution in [0.3, 0.4) is 0 Å². The number of aromatic nitrogens is 7. The van der Waals surface area contributed by atoms with E-state index in [9.17, 15) is 15.0 Å². The Morgan fingerprint density at radius 3 is 2.59 bits per heavy atom. The van der Waals surface area contributed by atoms with Gasteiger partial charge in [-0.1, -0.05) is 67.4 Å². The second-order valence-electron chi connectivity index (χ2n) is 9.00. The number of aromatic amines is 1. The lowest BCUT2D eigenvalue weighted by Gasteiger charge is -2.14. The number of carbonyl (C=O) groups is 1. The Kier molecular flexibility index (Phi) is 7.76. The van der Waals surface area contributed by atoms with E-state index in [1.54, 1.807) is 4.57 Å². The predicted molar refractivity (Wildman–Crippen MR) is 145 cm³/mol. The zero-order chi connectivity index (χ0) is 27.4. The lowest BCUT2D eigenvalue weighted by atomic mass is 9.97. The van der Waals surface area contributed by atoms with Crippen molar-refractivity contribution < 1.29 is 15.0 Å². The van der Waals surface area contributed by atoms with Gasteiger partial charge in [0.15, 0.2) is 10.8 Å². The quantitative estimate of drug-likeness (QED) is 0.217. The van der Waals surface area contributed by atoms with Crippen molar-refractivity contribution >= 4 is 17.4 Å². The Bertz CT molecular complexity index is 1600. The number of ketones is 1. The molecular weight excluding hydrogens is 518 g/mol. The van der Waals surface area contributed by atoms with Crippen LogP contribution in [0.25, 0.3) is 22.5 Å². The SMILES string of the molecule is CCCCc1nc(Cl)c(C(=O)c2nc(CO)ccc2O)n1Cc1ccc(-c2ccccc2)c(-c2nn[nH]n2)c1. The molecule has 3 aromatic heterocycles. The standard InChI is InChI=1S/C28H26ClN7O3/c1-2-3-9-23-31-27(29)25(26(39)24-22(38)13-11-19(16-37)30-24)36(23)15-17-10-12-20(18-7-5-4-6-8-18)21(14-17)28-32-34-35-33-28/h4-8,10-14,37-38H,2-3,9,15-16H2,1H3,(H,32,33,34,35). The van der Waals surface area contributed by atoms with E-state index in [0.717, 1.165) is 35.1 Å². The van der Waals surface area contributed by atoms with Crippen LogP contribution in [-0.2, 0) is 19.6 Å². The van der Waals surface area contributed by atoms with E-state index in [4.69, 9.17) is 11.6 Å². The maximum atomic E-state index is 13.7. The average molecular weight is 544 g/mol. The summed E-state index contributed by atoms with van der Waals surface area (Å²) in [6, 6.07) is 18.6. The number of halogens is 1. The highest BCUT2D eigenvalue weighted by Gasteiger charge is 2.27. The number of imidazole rings is 1. The number of aromatic hydroxyl groups is 1. The van der Waals surface area contributed by atoms with E-state index < -0.39 is 5.78 Å². The molecule has 0 spiro atoms. The molecule has 0 aliphatic carbocycles. The van der Waals surface area contributed by atoms with Crippen LogP contribution >= 0.6 is 11.6 Å². The summed E-state index contributed by atoms with van der Waals surface area (Å²) in [6.45, 7) is 1.98. The van der Waals surface area contributed by atoms with Gasteiger partial charge >= 0.3 is 0 Å². The lowest BCUT2D eigenvalue weighted by Crippen LogP contribution is -2.16. The third-order valence-corrected chi connectivity index (χ3v) is 6.64. The molecule has 0 aliphatic heterocycles. The number of aryl methyl sites for hydroxylation is 1. The molecule has 0 radical (unpaired) electrons. The summed E-state index contributed by atoms with van der Waals surface area (Å²) in [5, 5.41) is 34.6. The number of nitrogens with one attached hydrogen (secondary N) is 1. The first-order valence-corrected chi connectivity index (χ1v) is 12.9. The number of hydrogen-bond donors (Lipinski definition) is 3. The summed E-state index contributed by atoms with van der Waals surface area (Å²) < 4.78 is 1.77. The Balaban J connectivity index is 1.61. The summed E-state index contributed by atoms with van der Waals surface area (Å²) in [4.78, 5) is 22.3. The van der Waals surface area contributed by atoms with Gasteiger partial charge in [-0.05, 0) is 46.5 Å². The molecule has 0 aliphatic rings. The number of H-pyrrole nitrogens is 1. The average Bonchev–Trinajstić information content (AvgIpc) is 3.60. The summed E-state index contributed by atoms with van der Waals surface area (Å²) in [5.41, 5.74) is 3.74. The highest BCUT2D eigenvalue weighted by Crippen LogP contribution is 2.32. The number of benzene rings is 2. The fraction of sp³-hybridized carbons (Fsp3) is 0.214. The maximum absolute atomic E-state index is 13.7. The third-order valence-electron chi connectivity index (χ3n) is 6.38. The molecule has 0 saturated carbocycles. The van der Waals surface area contributed by atoms with Gasteiger partial charge in [-0.3, -0.25) is 4.79 Å². The van der Waals surface area contributed by atoms with Gasteiger partial charge in [0.05, 0.1) is 12.3 Å². The minimum atomic E-state index is -0.581. The van der Waals surface area contributed by atoms with Crippen molar-refractivity contribution in [3.8, 4) is 28.3 Å². The minimum absolute atomic E-state index is 0.0287. The van der Waals surface area contributed by atoms with E-state index in [0.29, 0.717) is 18.1 Å². The molecule has 3 heterocycles. The monoisotopic (exact) mass is 543 g/mol. The van der Waals surface area contributed by atoms with Crippen molar-refractivity contribution in [1.29, 1.82) is 0 Å². The zero-order valence-corrected chi connectivity index (χ0v) is 21.9. The summed E-state index contributed by atoms with van der Waals surface area (Å²) in [5.74, 6) is 0.207. The lowest BCUT2D eigenvalue weighted by molar-refractivity contribution is 0.102. The number of hydrogen-bond acceptors (Lipinski definition) is 8. The van der Waals surface area contributed by atoms with E-state index >= 15 is 0 Å². The number of tetrazole rings is 1. The Morgan fingerprint density at radius 2 is 1.87 bits per heavy atom. The van der Waals surface area contributed by atoms with Gasteiger partial charge < -0.3 is 14.8 Å². The van der Waals surface area contributed by atoms with Crippen LogP contribution in [-0.4, -0.2) is 51.2 Å². The highest BCUT2D eigenvalue weighted by atomic mass is 35.5. The Hall–Kier alpha value is -4.41. The second kappa shape index (κ2) is 11.5. The van der Waals surface area contributed by atoms with Gasteiger partial charge in [0.1, 0.15) is 17.3 Å². The molecule has 0 bridgehead atoms. The van der Waals surface area contributed by atoms with Gasteiger partial charge in [-0.2, -0.15) is 5.21 Å². The molecule has 5 aromatic rings. The van der Waals surface area contributed by atoms with Crippen molar-refractivity contribution in [2.24, 2.45) is 0 Å². The van der Waals surface area contributed by atoms with E-state index in [2.05, 4.69) is 37.5 Å². The van der Waals surface area contributed by atoms with Crippen molar-refractivity contribution in [1.82, 2.24) is 35.2 Å². The molecule has 5 rings (SSSR count). The van der Waals surface area contributed by atoms with Crippen molar-refractivity contribution in [2.45, 2.75) is 39.3 Å². The number of aliphatic hydroxyl groups excluding tert-OH is 1. The largest absolute Gasteiger partial charge is 0.506 e. The summed E-state index contributed by atoms with van der Waals surface area (Å²) >= 11 is 6.54. The maximum Gasteiger partial charge on any atom is 0.234 e. The van der Waals surface area contributed by atoms with Gasteiger partial charge in [0, 0.05) is 18.5 Å². The van der Waals surface area contributed by atoms with E-state index in [1.165, 1.54) is 12.1 Å². The Morgan fingerprint density at radius 1 is 1.05 bits per heavy atom. The van der Waals surface area contributed by atoms with E-state index in [1.807, 2.05) is 48.5 Å². The molecular formula is C28H26ClN7O3. The zero-order valence-electron chi connectivity index (χ0n) is 21.2. The molecule has 0 unspecified atom stereocenters. The van der Waals surface area contributed by atoms with Gasteiger partial charge in [-0.25, -0.2) is 9.97 Å². The first-order valence-electron chi connectivity index (χ1n) is 12.5. The van der Waals surface area contributed by atoms with Crippen molar-refractivity contribution in [2.75, 3.05) is 0 Å². The number of carbonyl (C=O) groups excluding carboxylic acids is 1. The van der Waals surface area contributed by atoms with E-state index in [-0.39, 0.29) is 41.1 Å². The predicted octanol–water partition coefficient (Wildman–Crippen LogP) is 4.60. The minimum Gasteiger partial charge on any atom is -0.506 e. The number of aliphatic hydroxyl groups is 1. The highest BCUT2D eigenvalue weighted by molar-refractivity contribution is 6.33. The van der Waals surface area contributed by atoms with Gasteiger partial charge in [0.2, 0.25) is 11.6 Å². The van der Waals surface area contributed by atoms with Gasteiger partial charge in [0.25, 0.3) is 0 Å². The number of unbranched alkanes of at least 4 members (excludes halogenated alkanes) is 1. The van der Waals surface area contributed by atoms with Crippen LogP contribution < -0.4 is 0 Å². The fourth-order valence-electron chi connectivity index (χ4n) is 4.44. The molecule has 3 N–H and O–H groups in total. The summed E-state index contributed by atoms with van der Waals surface area (Å²) in [6.07, 6.45) is 2.40. The second-order valence-corrected chi connectivity index (χ2v) is 9.35. The first kappa shape index (κ1) is 26.2. The van der Waals surface area contributed by atoms with Crippen molar-refractivity contribution in [3.63, 3.8) is 0 Å².